The zero-order chi connectivity index (χ0) is 14.5. The van der Waals surface area contributed by atoms with Crippen molar-refractivity contribution in [2.45, 2.75) is 12.7 Å². The lowest BCUT2D eigenvalue weighted by Gasteiger charge is -2.06. The quantitative estimate of drug-likeness (QED) is 0.904. The standard InChI is InChI=1S/C14H15N3O2S/c1-9-3-5-10(6-4-9)15-14(19)11-7-13(18)17-12(16-11)8-20-2/h3-7H,8H2,1-2H3,(H,15,19)(H,16,17,18). The lowest BCUT2D eigenvalue weighted by molar-refractivity contribution is 0.102. The van der Waals surface area contributed by atoms with Crippen LogP contribution in [-0.2, 0) is 5.75 Å². The van der Waals surface area contributed by atoms with E-state index in [0.717, 1.165) is 5.56 Å². The van der Waals surface area contributed by atoms with Crippen LogP contribution < -0.4 is 10.9 Å². The van der Waals surface area contributed by atoms with Crippen molar-refractivity contribution in [1.82, 2.24) is 9.97 Å². The van der Waals surface area contributed by atoms with Gasteiger partial charge in [0.25, 0.3) is 11.5 Å². The molecule has 0 saturated heterocycles. The van der Waals surface area contributed by atoms with Crippen molar-refractivity contribution in [3.05, 3.63) is 57.8 Å². The van der Waals surface area contributed by atoms with Gasteiger partial charge in [0.2, 0.25) is 0 Å². The van der Waals surface area contributed by atoms with E-state index in [4.69, 9.17) is 0 Å². The third-order valence-corrected chi connectivity index (χ3v) is 3.18. The van der Waals surface area contributed by atoms with Crippen LogP contribution in [0.15, 0.2) is 35.1 Å². The molecule has 0 aliphatic carbocycles. The molecule has 20 heavy (non-hydrogen) atoms. The largest absolute Gasteiger partial charge is 0.321 e. The molecule has 1 heterocycles. The van der Waals surface area contributed by atoms with Crippen LogP contribution in [0.25, 0.3) is 0 Å². The van der Waals surface area contributed by atoms with Crippen molar-refractivity contribution in [1.29, 1.82) is 0 Å². The average molecular weight is 289 g/mol. The highest BCUT2D eigenvalue weighted by Crippen LogP contribution is 2.10. The van der Waals surface area contributed by atoms with Crippen molar-refractivity contribution in [2.24, 2.45) is 0 Å². The second-order valence-electron chi connectivity index (χ2n) is 4.33. The Morgan fingerprint density at radius 1 is 1.35 bits per heavy atom. The molecule has 6 heteroatoms. The van der Waals surface area contributed by atoms with Crippen LogP contribution in [0.3, 0.4) is 0 Å². The van der Waals surface area contributed by atoms with Crippen LogP contribution in [0, 0.1) is 6.92 Å². The molecular formula is C14H15N3O2S. The van der Waals surface area contributed by atoms with Gasteiger partial charge in [0.1, 0.15) is 11.5 Å². The van der Waals surface area contributed by atoms with Gasteiger partial charge in [-0.3, -0.25) is 9.59 Å². The van der Waals surface area contributed by atoms with Crippen LogP contribution in [0.2, 0.25) is 0 Å². The highest BCUT2D eigenvalue weighted by Gasteiger charge is 2.10. The van der Waals surface area contributed by atoms with Crippen LogP contribution in [0.5, 0.6) is 0 Å². The molecule has 0 fully saturated rings. The second kappa shape index (κ2) is 6.38. The average Bonchev–Trinajstić information content (AvgIpc) is 2.41. The molecule has 2 rings (SSSR count). The van der Waals surface area contributed by atoms with E-state index in [-0.39, 0.29) is 17.2 Å². The summed E-state index contributed by atoms with van der Waals surface area (Å²) in [5.74, 6) is 0.669. The SMILES string of the molecule is CSCc1nc(C(=O)Nc2ccc(C)cc2)cc(=O)[nH]1. The molecule has 5 nitrogen and oxygen atoms in total. The number of benzene rings is 1. The van der Waals surface area contributed by atoms with Gasteiger partial charge in [-0.15, -0.1) is 0 Å². The first-order valence-electron chi connectivity index (χ1n) is 6.05. The fourth-order valence-corrected chi connectivity index (χ4v) is 2.07. The Labute approximate surface area is 120 Å². The predicted molar refractivity (Wildman–Crippen MR) is 81.2 cm³/mol. The Hall–Kier alpha value is -2.08. The zero-order valence-corrected chi connectivity index (χ0v) is 12.1. The predicted octanol–water partition coefficient (Wildman–Crippen LogP) is 2.19. The Morgan fingerprint density at radius 3 is 2.70 bits per heavy atom. The van der Waals surface area contributed by atoms with E-state index in [9.17, 15) is 9.59 Å². The summed E-state index contributed by atoms with van der Waals surface area (Å²) in [6.07, 6.45) is 1.90. The third-order valence-electron chi connectivity index (χ3n) is 2.61. The molecule has 1 amide bonds. The number of hydrogen-bond donors (Lipinski definition) is 2. The number of H-pyrrole nitrogens is 1. The Kier molecular flexibility index (Phi) is 4.57. The minimum atomic E-state index is -0.387. The van der Waals surface area contributed by atoms with Crippen LogP contribution in [0.1, 0.15) is 21.9 Å². The summed E-state index contributed by atoms with van der Waals surface area (Å²) in [5.41, 5.74) is 1.59. The molecular weight excluding hydrogens is 274 g/mol. The minimum absolute atomic E-state index is 0.123. The smallest absolute Gasteiger partial charge is 0.274 e. The number of carbonyl (C=O) groups is 1. The number of amides is 1. The lowest BCUT2D eigenvalue weighted by atomic mass is 10.2. The fraction of sp³-hybridized carbons (Fsp3) is 0.214. The molecule has 1 aromatic heterocycles. The normalized spacial score (nSPS) is 10.3. The molecule has 0 atom stereocenters. The van der Waals surface area contributed by atoms with Gasteiger partial charge in [0, 0.05) is 11.8 Å². The Bertz CT molecular complexity index is 665. The van der Waals surface area contributed by atoms with Gasteiger partial charge in [-0.05, 0) is 25.3 Å². The van der Waals surface area contributed by atoms with Gasteiger partial charge in [-0.2, -0.15) is 11.8 Å². The van der Waals surface area contributed by atoms with Gasteiger partial charge in [0.05, 0.1) is 5.75 Å². The van der Waals surface area contributed by atoms with E-state index in [2.05, 4.69) is 15.3 Å². The van der Waals surface area contributed by atoms with E-state index in [1.807, 2.05) is 37.4 Å². The highest BCUT2D eigenvalue weighted by atomic mass is 32.2. The maximum absolute atomic E-state index is 12.1. The highest BCUT2D eigenvalue weighted by molar-refractivity contribution is 7.97. The molecule has 0 unspecified atom stereocenters. The van der Waals surface area contributed by atoms with E-state index in [0.29, 0.717) is 17.3 Å². The molecule has 0 aliphatic rings. The molecule has 0 aliphatic heterocycles. The molecule has 104 valence electrons. The van der Waals surface area contributed by atoms with Gasteiger partial charge < -0.3 is 10.3 Å². The first kappa shape index (κ1) is 14.3. The molecule has 1 aromatic carbocycles. The number of rotatable bonds is 4. The van der Waals surface area contributed by atoms with E-state index in [1.165, 1.54) is 17.8 Å². The Balaban J connectivity index is 2.20. The van der Waals surface area contributed by atoms with Crippen LogP contribution >= 0.6 is 11.8 Å². The number of hydrogen-bond acceptors (Lipinski definition) is 4. The molecule has 0 radical (unpaired) electrons. The molecule has 2 aromatic rings. The van der Waals surface area contributed by atoms with Crippen molar-refractivity contribution in [3.8, 4) is 0 Å². The summed E-state index contributed by atoms with van der Waals surface area (Å²) in [5, 5.41) is 2.72. The summed E-state index contributed by atoms with van der Waals surface area (Å²) in [7, 11) is 0. The van der Waals surface area contributed by atoms with E-state index < -0.39 is 0 Å². The second-order valence-corrected chi connectivity index (χ2v) is 5.20. The van der Waals surface area contributed by atoms with Gasteiger partial charge in [0.15, 0.2) is 0 Å². The first-order chi connectivity index (χ1) is 9.58. The number of aromatic nitrogens is 2. The number of anilines is 1. The number of thioether (sulfide) groups is 1. The number of carbonyl (C=O) groups excluding carboxylic acids is 1. The van der Waals surface area contributed by atoms with Crippen LogP contribution in [-0.4, -0.2) is 22.1 Å². The number of aromatic amines is 1. The van der Waals surface area contributed by atoms with Crippen molar-refractivity contribution < 1.29 is 4.79 Å². The summed E-state index contributed by atoms with van der Waals surface area (Å²) < 4.78 is 0. The zero-order valence-electron chi connectivity index (χ0n) is 11.3. The van der Waals surface area contributed by atoms with Crippen molar-refractivity contribution in [3.63, 3.8) is 0 Å². The number of aryl methyl sites for hydroxylation is 1. The van der Waals surface area contributed by atoms with Gasteiger partial charge in [-0.25, -0.2) is 4.98 Å². The summed E-state index contributed by atoms with van der Waals surface area (Å²) in [6.45, 7) is 1.97. The summed E-state index contributed by atoms with van der Waals surface area (Å²) in [4.78, 5) is 30.3. The summed E-state index contributed by atoms with van der Waals surface area (Å²) in [6, 6.07) is 8.62. The summed E-state index contributed by atoms with van der Waals surface area (Å²) >= 11 is 1.53. The van der Waals surface area contributed by atoms with E-state index >= 15 is 0 Å². The minimum Gasteiger partial charge on any atom is -0.321 e. The number of nitrogens with one attached hydrogen (secondary N) is 2. The lowest BCUT2D eigenvalue weighted by Crippen LogP contribution is -2.20. The van der Waals surface area contributed by atoms with Gasteiger partial charge >= 0.3 is 0 Å². The number of nitrogens with zero attached hydrogens (tertiary/aromatic N) is 1. The maximum Gasteiger partial charge on any atom is 0.274 e. The molecule has 2 N–H and O–H groups in total. The van der Waals surface area contributed by atoms with Crippen molar-refractivity contribution in [2.75, 3.05) is 11.6 Å². The first-order valence-corrected chi connectivity index (χ1v) is 7.45. The molecule has 0 saturated carbocycles. The van der Waals surface area contributed by atoms with E-state index in [1.54, 1.807) is 0 Å². The monoisotopic (exact) mass is 289 g/mol. The molecule has 0 spiro atoms. The molecule has 0 bridgehead atoms. The maximum atomic E-state index is 12.1. The Morgan fingerprint density at radius 2 is 2.05 bits per heavy atom. The fourth-order valence-electron chi connectivity index (χ4n) is 1.66. The topological polar surface area (TPSA) is 74.8 Å². The van der Waals surface area contributed by atoms with Gasteiger partial charge in [-0.1, -0.05) is 17.7 Å². The third kappa shape index (κ3) is 3.71. The van der Waals surface area contributed by atoms with Crippen molar-refractivity contribution >= 4 is 23.4 Å². The van der Waals surface area contributed by atoms with Crippen LogP contribution in [0.4, 0.5) is 5.69 Å².